The fraction of sp³-hybridized carbons (Fsp3) is 0.318. The van der Waals surface area contributed by atoms with E-state index in [9.17, 15) is 0 Å². The van der Waals surface area contributed by atoms with Crippen molar-refractivity contribution >= 4 is 11.1 Å². The summed E-state index contributed by atoms with van der Waals surface area (Å²) in [6.45, 7) is 1.95. The molecule has 5 nitrogen and oxygen atoms in total. The number of aromatic nitrogens is 2. The van der Waals surface area contributed by atoms with Gasteiger partial charge in [0.1, 0.15) is 12.4 Å². The Labute approximate surface area is 158 Å². The first-order chi connectivity index (χ1) is 13.3. The molecule has 3 aromatic rings. The highest BCUT2D eigenvalue weighted by molar-refractivity contribution is 5.79. The second kappa shape index (κ2) is 6.83. The zero-order chi connectivity index (χ0) is 18.1. The lowest BCUT2D eigenvalue weighted by Crippen LogP contribution is -2.31. The van der Waals surface area contributed by atoms with Gasteiger partial charge in [0.25, 0.3) is 0 Å². The lowest BCUT2D eigenvalue weighted by molar-refractivity contribution is -0.159. The van der Waals surface area contributed by atoms with Crippen LogP contribution in [0.5, 0.6) is 5.75 Å². The number of nitrogens with zero attached hydrogens (tertiary/aromatic N) is 2. The van der Waals surface area contributed by atoms with E-state index in [1.54, 1.807) is 0 Å². The molecule has 1 aliphatic heterocycles. The third-order valence-electron chi connectivity index (χ3n) is 5.34. The zero-order valence-electron chi connectivity index (χ0n) is 15.1. The van der Waals surface area contributed by atoms with Crippen molar-refractivity contribution in [2.45, 2.75) is 31.7 Å². The SMILES string of the molecule is C1=C(c2cnn3ccc(OCc4ccccc4)cc23)CCC2(C1)OCCO2. The smallest absolute Gasteiger partial charge is 0.172 e. The van der Waals surface area contributed by atoms with Crippen molar-refractivity contribution in [2.75, 3.05) is 13.2 Å². The molecule has 27 heavy (non-hydrogen) atoms. The van der Waals surface area contributed by atoms with Crippen molar-refractivity contribution < 1.29 is 14.2 Å². The van der Waals surface area contributed by atoms with Crippen LogP contribution in [0.3, 0.4) is 0 Å². The maximum atomic E-state index is 5.99. The molecule has 0 N–H and O–H groups in total. The van der Waals surface area contributed by atoms with E-state index in [0.717, 1.165) is 41.7 Å². The van der Waals surface area contributed by atoms with Crippen LogP contribution in [0.25, 0.3) is 11.1 Å². The van der Waals surface area contributed by atoms with Gasteiger partial charge in [0.2, 0.25) is 0 Å². The number of rotatable bonds is 4. The molecule has 0 unspecified atom stereocenters. The highest BCUT2D eigenvalue weighted by Crippen LogP contribution is 2.39. The Balaban J connectivity index is 1.38. The van der Waals surface area contributed by atoms with Crippen molar-refractivity contribution in [1.82, 2.24) is 9.61 Å². The molecule has 0 bridgehead atoms. The zero-order valence-corrected chi connectivity index (χ0v) is 15.1. The van der Waals surface area contributed by atoms with Crippen LogP contribution in [0.1, 0.15) is 30.4 Å². The summed E-state index contributed by atoms with van der Waals surface area (Å²) in [7, 11) is 0. The highest BCUT2D eigenvalue weighted by atomic mass is 16.7. The summed E-state index contributed by atoms with van der Waals surface area (Å²) in [5, 5.41) is 4.50. The van der Waals surface area contributed by atoms with Crippen LogP contribution in [0.4, 0.5) is 0 Å². The number of hydrogen-bond acceptors (Lipinski definition) is 4. The molecule has 0 radical (unpaired) electrons. The van der Waals surface area contributed by atoms with E-state index in [-0.39, 0.29) is 0 Å². The summed E-state index contributed by atoms with van der Waals surface area (Å²) < 4.78 is 19.5. The summed E-state index contributed by atoms with van der Waals surface area (Å²) in [4.78, 5) is 0. The first-order valence-corrected chi connectivity index (χ1v) is 9.43. The Morgan fingerprint density at radius 1 is 1.11 bits per heavy atom. The van der Waals surface area contributed by atoms with Crippen LogP contribution >= 0.6 is 0 Å². The number of fused-ring (bicyclic) bond motifs is 1. The number of pyridine rings is 1. The van der Waals surface area contributed by atoms with Gasteiger partial charge in [-0.25, -0.2) is 4.52 Å². The molecule has 2 aliphatic rings. The molecule has 1 saturated heterocycles. The molecule has 1 spiro atoms. The van der Waals surface area contributed by atoms with E-state index in [1.807, 2.05) is 41.2 Å². The number of allylic oxidation sites excluding steroid dienone is 1. The molecule has 1 aromatic carbocycles. The van der Waals surface area contributed by atoms with Crippen molar-refractivity contribution in [2.24, 2.45) is 0 Å². The quantitative estimate of drug-likeness (QED) is 0.697. The minimum Gasteiger partial charge on any atom is -0.489 e. The molecule has 0 amide bonds. The van der Waals surface area contributed by atoms with Crippen LogP contribution in [0.2, 0.25) is 0 Å². The van der Waals surface area contributed by atoms with Gasteiger partial charge < -0.3 is 14.2 Å². The van der Waals surface area contributed by atoms with Gasteiger partial charge in [0.05, 0.1) is 24.9 Å². The lowest BCUT2D eigenvalue weighted by Gasteiger charge is -2.30. The van der Waals surface area contributed by atoms with E-state index < -0.39 is 5.79 Å². The molecule has 5 heteroatoms. The van der Waals surface area contributed by atoms with Crippen LogP contribution < -0.4 is 4.74 Å². The second-order valence-corrected chi connectivity index (χ2v) is 7.07. The average molecular weight is 362 g/mol. The van der Waals surface area contributed by atoms with E-state index in [2.05, 4.69) is 29.4 Å². The average Bonchev–Trinajstić information content (AvgIpc) is 3.35. The third kappa shape index (κ3) is 3.24. The summed E-state index contributed by atoms with van der Waals surface area (Å²) in [5.41, 5.74) is 4.68. The van der Waals surface area contributed by atoms with Crippen LogP contribution in [-0.2, 0) is 16.1 Å². The van der Waals surface area contributed by atoms with E-state index >= 15 is 0 Å². The summed E-state index contributed by atoms with van der Waals surface area (Å²) in [6, 6.07) is 14.2. The Bertz CT molecular complexity index is 972. The van der Waals surface area contributed by atoms with Gasteiger partial charge in [-0.1, -0.05) is 36.4 Å². The van der Waals surface area contributed by atoms with E-state index in [0.29, 0.717) is 19.8 Å². The first-order valence-electron chi connectivity index (χ1n) is 9.43. The lowest BCUT2D eigenvalue weighted by atomic mass is 9.90. The van der Waals surface area contributed by atoms with Gasteiger partial charge in [-0.2, -0.15) is 5.10 Å². The minimum absolute atomic E-state index is 0.392. The molecular weight excluding hydrogens is 340 g/mol. The van der Waals surface area contributed by atoms with E-state index in [1.165, 1.54) is 5.57 Å². The number of ether oxygens (including phenoxy) is 3. The largest absolute Gasteiger partial charge is 0.489 e. The van der Waals surface area contributed by atoms with Crippen molar-refractivity contribution in [1.29, 1.82) is 0 Å². The molecule has 5 rings (SSSR count). The molecular formula is C22H22N2O3. The van der Waals surface area contributed by atoms with Crippen molar-refractivity contribution in [3.8, 4) is 5.75 Å². The van der Waals surface area contributed by atoms with Gasteiger partial charge in [-0.15, -0.1) is 0 Å². The predicted molar refractivity (Wildman–Crippen MR) is 102 cm³/mol. The summed E-state index contributed by atoms with van der Waals surface area (Å²) in [5.74, 6) is 0.458. The molecule has 0 saturated carbocycles. The summed E-state index contributed by atoms with van der Waals surface area (Å²) >= 11 is 0. The number of benzene rings is 1. The van der Waals surface area contributed by atoms with Crippen molar-refractivity contribution in [3.05, 3.63) is 72.1 Å². The summed E-state index contributed by atoms with van der Waals surface area (Å²) in [6.07, 6.45) is 8.74. The maximum Gasteiger partial charge on any atom is 0.172 e. The molecule has 3 heterocycles. The molecule has 138 valence electrons. The highest BCUT2D eigenvalue weighted by Gasteiger charge is 2.37. The number of hydrogen-bond donors (Lipinski definition) is 0. The minimum atomic E-state index is -0.392. The Hall–Kier alpha value is -2.63. The van der Waals surface area contributed by atoms with Crippen LogP contribution in [0, 0.1) is 0 Å². The molecule has 1 fully saturated rings. The molecule has 1 aliphatic carbocycles. The van der Waals surface area contributed by atoms with Crippen LogP contribution in [-0.4, -0.2) is 28.6 Å². The Morgan fingerprint density at radius 3 is 2.74 bits per heavy atom. The van der Waals surface area contributed by atoms with E-state index in [4.69, 9.17) is 14.2 Å². The Morgan fingerprint density at radius 2 is 1.96 bits per heavy atom. The Kier molecular flexibility index (Phi) is 4.19. The topological polar surface area (TPSA) is 45.0 Å². The van der Waals surface area contributed by atoms with Gasteiger partial charge in [-0.05, 0) is 23.6 Å². The molecule has 2 aromatic heterocycles. The van der Waals surface area contributed by atoms with Crippen molar-refractivity contribution in [3.63, 3.8) is 0 Å². The van der Waals surface area contributed by atoms with Gasteiger partial charge in [-0.3, -0.25) is 0 Å². The fourth-order valence-corrected chi connectivity index (χ4v) is 3.85. The third-order valence-corrected chi connectivity index (χ3v) is 5.34. The van der Waals surface area contributed by atoms with Gasteiger partial charge in [0, 0.05) is 30.7 Å². The monoisotopic (exact) mass is 362 g/mol. The standard InChI is InChI=1S/C22H22N2O3/c1-2-4-17(5-3-1)16-25-19-8-11-24-21(14-19)20(15-23-24)18-6-9-22(10-7-18)26-12-13-27-22/h1-6,8,11,14-15H,7,9-10,12-13,16H2. The first kappa shape index (κ1) is 16.5. The maximum absolute atomic E-state index is 5.99. The van der Waals surface area contributed by atoms with Gasteiger partial charge >= 0.3 is 0 Å². The second-order valence-electron chi connectivity index (χ2n) is 7.07. The predicted octanol–water partition coefficient (Wildman–Crippen LogP) is 4.22. The fourth-order valence-electron chi connectivity index (χ4n) is 3.85. The van der Waals surface area contributed by atoms with Crippen LogP contribution in [0.15, 0.2) is 60.9 Å². The normalized spacial score (nSPS) is 18.7. The molecule has 0 atom stereocenters. The van der Waals surface area contributed by atoms with Gasteiger partial charge in [0.15, 0.2) is 5.79 Å².